The van der Waals surface area contributed by atoms with Gasteiger partial charge in [-0.05, 0) is 24.3 Å². The van der Waals surface area contributed by atoms with Gasteiger partial charge in [-0.25, -0.2) is 9.97 Å². The molecule has 0 amide bonds. The van der Waals surface area contributed by atoms with Crippen LogP contribution in [0.15, 0.2) is 41.1 Å². The fourth-order valence-corrected chi connectivity index (χ4v) is 2.18. The van der Waals surface area contributed by atoms with Crippen LogP contribution in [-0.4, -0.2) is 30.2 Å². The lowest BCUT2D eigenvalue weighted by Gasteiger charge is -2.12. The Labute approximate surface area is 132 Å². The molecular weight excluding hydrogens is 334 g/mol. The van der Waals surface area contributed by atoms with Crippen LogP contribution in [0.5, 0.6) is 5.75 Å². The van der Waals surface area contributed by atoms with E-state index >= 15 is 0 Å². The Balaban J connectivity index is 1.97. The largest absolute Gasteiger partial charge is 0.485 e. The molecule has 2 rings (SSSR count). The van der Waals surface area contributed by atoms with Crippen molar-refractivity contribution in [3.05, 3.63) is 52.5 Å². The SMILES string of the molecule is COCCNCc1cc(Br)ccc1OCc1ncccn1. The van der Waals surface area contributed by atoms with E-state index in [1.807, 2.05) is 18.2 Å². The molecule has 0 atom stereocenters. The normalized spacial score (nSPS) is 10.6. The Kier molecular flexibility index (Phi) is 6.59. The molecule has 5 nitrogen and oxygen atoms in total. The van der Waals surface area contributed by atoms with Crippen LogP contribution in [0.4, 0.5) is 0 Å². The maximum absolute atomic E-state index is 5.82. The highest BCUT2D eigenvalue weighted by Crippen LogP contribution is 2.23. The van der Waals surface area contributed by atoms with Crippen molar-refractivity contribution < 1.29 is 9.47 Å². The van der Waals surface area contributed by atoms with E-state index in [9.17, 15) is 0 Å². The number of hydrogen-bond acceptors (Lipinski definition) is 5. The molecular formula is C15H18BrN3O2. The number of aromatic nitrogens is 2. The van der Waals surface area contributed by atoms with Crippen molar-refractivity contribution >= 4 is 15.9 Å². The minimum atomic E-state index is 0.355. The standard InChI is InChI=1S/C15H18BrN3O2/c1-20-8-7-17-10-12-9-13(16)3-4-14(12)21-11-15-18-5-2-6-19-15/h2-6,9,17H,7-8,10-11H2,1H3. The van der Waals surface area contributed by atoms with Crippen molar-refractivity contribution in [3.8, 4) is 5.75 Å². The van der Waals surface area contributed by atoms with E-state index in [0.717, 1.165) is 22.3 Å². The van der Waals surface area contributed by atoms with Crippen LogP contribution in [0.3, 0.4) is 0 Å². The summed E-state index contributed by atoms with van der Waals surface area (Å²) in [6.45, 7) is 2.55. The van der Waals surface area contributed by atoms with Crippen LogP contribution in [0.1, 0.15) is 11.4 Å². The van der Waals surface area contributed by atoms with Gasteiger partial charge in [-0.3, -0.25) is 0 Å². The zero-order valence-electron chi connectivity index (χ0n) is 11.9. The predicted molar refractivity (Wildman–Crippen MR) is 84.1 cm³/mol. The first kappa shape index (κ1) is 15.9. The van der Waals surface area contributed by atoms with Crippen LogP contribution < -0.4 is 10.1 Å². The fraction of sp³-hybridized carbons (Fsp3) is 0.333. The predicted octanol–water partition coefficient (Wildman–Crippen LogP) is 2.55. The molecule has 0 aliphatic rings. The van der Waals surface area contributed by atoms with Gasteiger partial charge in [0.1, 0.15) is 12.4 Å². The minimum Gasteiger partial charge on any atom is -0.485 e. The summed E-state index contributed by atoms with van der Waals surface area (Å²) in [7, 11) is 1.69. The van der Waals surface area contributed by atoms with E-state index < -0.39 is 0 Å². The molecule has 0 saturated heterocycles. The summed E-state index contributed by atoms with van der Waals surface area (Å²) < 4.78 is 11.9. The van der Waals surface area contributed by atoms with Crippen LogP contribution in [0.25, 0.3) is 0 Å². The molecule has 1 heterocycles. The summed E-state index contributed by atoms with van der Waals surface area (Å²) in [4.78, 5) is 8.30. The first-order chi connectivity index (χ1) is 10.3. The van der Waals surface area contributed by atoms with E-state index in [-0.39, 0.29) is 0 Å². The number of nitrogens with zero attached hydrogens (tertiary/aromatic N) is 2. The van der Waals surface area contributed by atoms with Crippen molar-refractivity contribution in [2.24, 2.45) is 0 Å². The Morgan fingerprint density at radius 1 is 1.24 bits per heavy atom. The van der Waals surface area contributed by atoms with Crippen LogP contribution in [0, 0.1) is 0 Å². The summed E-state index contributed by atoms with van der Waals surface area (Å²) in [5.74, 6) is 1.49. The number of hydrogen-bond donors (Lipinski definition) is 1. The van der Waals surface area contributed by atoms with Gasteiger partial charge >= 0.3 is 0 Å². The van der Waals surface area contributed by atoms with Gasteiger partial charge in [0.15, 0.2) is 5.82 Å². The molecule has 0 saturated carbocycles. The molecule has 6 heteroatoms. The second kappa shape index (κ2) is 8.71. The highest BCUT2D eigenvalue weighted by atomic mass is 79.9. The quantitative estimate of drug-likeness (QED) is 0.740. The summed E-state index contributed by atoms with van der Waals surface area (Å²) in [5, 5.41) is 3.31. The van der Waals surface area contributed by atoms with E-state index in [2.05, 4.69) is 31.2 Å². The van der Waals surface area contributed by atoms with Crippen molar-refractivity contribution in [2.75, 3.05) is 20.3 Å². The molecule has 0 unspecified atom stereocenters. The number of halogens is 1. The molecule has 21 heavy (non-hydrogen) atoms. The Bertz CT molecular complexity index is 552. The summed E-state index contributed by atoms with van der Waals surface area (Å²) >= 11 is 3.48. The third-order valence-electron chi connectivity index (χ3n) is 2.80. The molecule has 2 aromatic rings. The summed E-state index contributed by atoms with van der Waals surface area (Å²) in [5.41, 5.74) is 1.08. The number of benzene rings is 1. The molecule has 0 fully saturated rings. The lowest BCUT2D eigenvalue weighted by atomic mass is 10.2. The molecule has 1 N–H and O–H groups in total. The molecule has 0 spiro atoms. The van der Waals surface area contributed by atoms with Crippen LogP contribution in [-0.2, 0) is 17.9 Å². The van der Waals surface area contributed by atoms with E-state index in [1.54, 1.807) is 25.6 Å². The highest BCUT2D eigenvalue weighted by molar-refractivity contribution is 9.10. The van der Waals surface area contributed by atoms with Crippen LogP contribution in [0.2, 0.25) is 0 Å². The zero-order chi connectivity index (χ0) is 14.9. The lowest BCUT2D eigenvalue weighted by Crippen LogP contribution is -2.19. The average Bonchev–Trinajstić information content (AvgIpc) is 2.52. The van der Waals surface area contributed by atoms with Gasteiger partial charge in [0.2, 0.25) is 0 Å². The van der Waals surface area contributed by atoms with Gasteiger partial charge in [0.05, 0.1) is 6.61 Å². The molecule has 0 aliphatic heterocycles. The van der Waals surface area contributed by atoms with Gasteiger partial charge in [-0.2, -0.15) is 0 Å². The second-order valence-corrected chi connectivity index (χ2v) is 5.29. The minimum absolute atomic E-state index is 0.355. The molecule has 1 aromatic carbocycles. The highest BCUT2D eigenvalue weighted by Gasteiger charge is 2.06. The van der Waals surface area contributed by atoms with Crippen molar-refractivity contribution in [2.45, 2.75) is 13.2 Å². The van der Waals surface area contributed by atoms with Crippen molar-refractivity contribution in [3.63, 3.8) is 0 Å². The summed E-state index contributed by atoms with van der Waals surface area (Å²) in [6, 6.07) is 7.73. The molecule has 0 radical (unpaired) electrons. The smallest absolute Gasteiger partial charge is 0.166 e. The first-order valence-electron chi connectivity index (χ1n) is 6.66. The van der Waals surface area contributed by atoms with Crippen LogP contribution >= 0.6 is 15.9 Å². The van der Waals surface area contributed by atoms with Gasteiger partial charge in [0.25, 0.3) is 0 Å². The van der Waals surface area contributed by atoms with E-state index in [0.29, 0.717) is 25.6 Å². The number of ether oxygens (including phenoxy) is 2. The Hall–Kier alpha value is -1.50. The fourth-order valence-electron chi connectivity index (χ4n) is 1.77. The van der Waals surface area contributed by atoms with E-state index in [4.69, 9.17) is 9.47 Å². The molecule has 112 valence electrons. The first-order valence-corrected chi connectivity index (χ1v) is 7.45. The third kappa shape index (κ3) is 5.41. The topological polar surface area (TPSA) is 56.3 Å². The molecule has 1 aromatic heterocycles. The monoisotopic (exact) mass is 351 g/mol. The third-order valence-corrected chi connectivity index (χ3v) is 3.29. The van der Waals surface area contributed by atoms with Crippen molar-refractivity contribution in [1.29, 1.82) is 0 Å². The van der Waals surface area contributed by atoms with Gasteiger partial charge in [-0.15, -0.1) is 0 Å². The van der Waals surface area contributed by atoms with Crippen molar-refractivity contribution in [1.82, 2.24) is 15.3 Å². The zero-order valence-corrected chi connectivity index (χ0v) is 13.5. The summed E-state index contributed by atoms with van der Waals surface area (Å²) in [6.07, 6.45) is 3.42. The Morgan fingerprint density at radius 2 is 2.05 bits per heavy atom. The van der Waals surface area contributed by atoms with Gasteiger partial charge < -0.3 is 14.8 Å². The van der Waals surface area contributed by atoms with Gasteiger partial charge in [-0.1, -0.05) is 15.9 Å². The maximum Gasteiger partial charge on any atom is 0.166 e. The average molecular weight is 352 g/mol. The number of rotatable bonds is 8. The lowest BCUT2D eigenvalue weighted by molar-refractivity contribution is 0.199. The van der Waals surface area contributed by atoms with E-state index in [1.165, 1.54) is 0 Å². The number of nitrogens with one attached hydrogen (secondary N) is 1. The molecule has 0 bridgehead atoms. The molecule has 0 aliphatic carbocycles. The maximum atomic E-state index is 5.82. The Morgan fingerprint density at radius 3 is 2.81 bits per heavy atom. The van der Waals surface area contributed by atoms with Gasteiger partial charge in [0, 0.05) is 42.6 Å². The number of methoxy groups -OCH3 is 1. The second-order valence-electron chi connectivity index (χ2n) is 4.38.